The van der Waals surface area contributed by atoms with Crippen molar-refractivity contribution in [2.45, 2.75) is 20.4 Å². The van der Waals surface area contributed by atoms with Gasteiger partial charge in [0.05, 0.1) is 6.33 Å². The minimum atomic E-state index is 0.363. The van der Waals surface area contributed by atoms with E-state index in [0.717, 1.165) is 17.7 Å². The smallest absolute Gasteiger partial charge is 0.118 e. The first-order valence-electron chi connectivity index (χ1n) is 4.91. The molecule has 0 amide bonds. The van der Waals surface area contributed by atoms with Crippen molar-refractivity contribution < 1.29 is 5.11 Å². The fraction of sp³-hybridized carbons (Fsp3) is 0.250. The lowest BCUT2D eigenvalue weighted by Gasteiger charge is -2.09. The number of imidazole rings is 1. The van der Waals surface area contributed by atoms with E-state index in [4.69, 9.17) is 0 Å². The van der Waals surface area contributed by atoms with E-state index in [9.17, 15) is 5.11 Å². The third kappa shape index (κ3) is 2.01. The van der Waals surface area contributed by atoms with E-state index < -0.39 is 0 Å². The summed E-state index contributed by atoms with van der Waals surface area (Å²) in [7, 11) is 0. The number of hydrogen-bond acceptors (Lipinski definition) is 2. The highest BCUT2D eigenvalue weighted by Crippen LogP contribution is 2.21. The molecule has 78 valence electrons. The molecular weight excluding hydrogens is 188 g/mol. The van der Waals surface area contributed by atoms with Crippen molar-refractivity contribution in [2.24, 2.45) is 0 Å². The maximum Gasteiger partial charge on any atom is 0.118 e. The summed E-state index contributed by atoms with van der Waals surface area (Å²) >= 11 is 0. The van der Waals surface area contributed by atoms with Crippen LogP contribution < -0.4 is 0 Å². The van der Waals surface area contributed by atoms with Crippen molar-refractivity contribution in [1.82, 2.24) is 9.55 Å². The van der Waals surface area contributed by atoms with Crippen LogP contribution in [0.25, 0.3) is 0 Å². The Morgan fingerprint density at radius 3 is 2.73 bits per heavy atom. The SMILES string of the molecule is Cc1cc(Cn2ccnc2)c(C)cc1O. The van der Waals surface area contributed by atoms with Crippen LogP contribution in [-0.2, 0) is 6.54 Å². The van der Waals surface area contributed by atoms with Gasteiger partial charge in [0, 0.05) is 18.9 Å². The van der Waals surface area contributed by atoms with Crippen molar-refractivity contribution in [1.29, 1.82) is 0 Å². The zero-order chi connectivity index (χ0) is 10.8. The Labute approximate surface area is 89.0 Å². The molecule has 0 aliphatic rings. The molecule has 0 atom stereocenters. The molecule has 2 aromatic rings. The molecule has 0 aliphatic carbocycles. The van der Waals surface area contributed by atoms with Gasteiger partial charge in [-0.3, -0.25) is 0 Å². The number of rotatable bonds is 2. The van der Waals surface area contributed by atoms with Crippen LogP contribution in [0.2, 0.25) is 0 Å². The second-order valence-corrected chi connectivity index (χ2v) is 3.80. The quantitative estimate of drug-likeness (QED) is 0.811. The molecule has 1 aromatic carbocycles. The Balaban J connectivity index is 2.33. The van der Waals surface area contributed by atoms with Gasteiger partial charge >= 0.3 is 0 Å². The number of nitrogens with zero attached hydrogens (tertiary/aromatic N) is 2. The third-order valence-corrected chi connectivity index (χ3v) is 2.57. The van der Waals surface area contributed by atoms with Gasteiger partial charge in [0.1, 0.15) is 5.75 Å². The summed E-state index contributed by atoms with van der Waals surface area (Å²) < 4.78 is 2.01. The minimum Gasteiger partial charge on any atom is -0.508 e. The maximum absolute atomic E-state index is 9.53. The highest BCUT2D eigenvalue weighted by atomic mass is 16.3. The molecule has 1 N–H and O–H groups in total. The maximum atomic E-state index is 9.53. The summed E-state index contributed by atoms with van der Waals surface area (Å²) in [5.74, 6) is 0.363. The lowest BCUT2D eigenvalue weighted by Crippen LogP contribution is -1.99. The highest BCUT2D eigenvalue weighted by molar-refractivity contribution is 5.40. The van der Waals surface area contributed by atoms with Crippen LogP contribution in [0.4, 0.5) is 0 Å². The second-order valence-electron chi connectivity index (χ2n) is 3.80. The Morgan fingerprint density at radius 2 is 2.07 bits per heavy atom. The molecule has 0 spiro atoms. The predicted molar refractivity (Wildman–Crippen MR) is 58.9 cm³/mol. The van der Waals surface area contributed by atoms with Crippen LogP contribution in [0.15, 0.2) is 30.9 Å². The topological polar surface area (TPSA) is 38.0 Å². The molecule has 3 heteroatoms. The molecule has 2 rings (SSSR count). The number of aryl methyl sites for hydroxylation is 2. The number of phenolic OH excluding ortho intramolecular Hbond substituents is 1. The number of hydrogen-bond donors (Lipinski definition) is 1. The number of aromatic hydroxyl groups is 1. The van der Waals surface area contributed by atoms with Gasteiger partial charge in [-0.25, -0.2) is 4.98 Å². The van der Waals surface area contributed by atoms with Crippen LogP contribution in [0.3, 0.4) is 0 Å². The largest absolute Gasteiger partial charge is 0.508 e. The van der Waals surface area contributed by atoms with E-state index in [2.05, 4.69) is 4.98 Å². The van der Waals surface area contributed by atoms with E-state index in [1.54, 1.807) is 12.5 Å². The fourth-order valence-electron chi connectivity index (χ4n) is 1.61. The Kier molecular flexibility index (Phi) is 2.46. The summed E-state index contributed by atoms with van der Waals surface area (Å²) in [4.78, 5) is 4.00. The van der Waals surface area contributed by atoms with E-state index in [-0.39, 0.29) is 0 Å². The molecule has 0 bridgehead atoms. The van der Waals surface area contributed by atoms with Crippen molar-refractivity contribution in [3.8, 4) is 5.75 Å². The van der Waals surface area contributed by atoms with Crippen LogP contribution in [0.1, 0.15) is 16.7 Å². The van der Waals surface area contributed by atoms with E-state index in [1.165, 1.54) is 5.56 Å². The number of phenols is 1. The highest BCUT2D eigenvalue weighted by Gasteiger charge is 2.03. The van der Waals surface area contributed by atoms with Gasteiger partial charge in [0.25, 0.3) is 0 Å². The number of aromatic nitrogens is 2. The standard InChI is InChI=1S/C12H14N2O/c1-9-6-12(15)10(2)5-11(9)7-14-4-3-13-8-14/h3-6,8,15H,7H2,1-2H3. The first-order valence-corrected chi connectivity index (χ1v) is 4.91. The van der Waals surface area contributed by atoms with Gasteiger partial charge in [0.15, 0.2) is 0 Å². The zero-order valence-electron chi connectivity index (χ0n) is 8.94. The van der Waals surface area contributed by atoms with Gasteiger partial charge in [0.2, 0.25) is 0 Å². The average molecular weight is 202 g/mol. The first kappa shape index (κ1) is 9.77. The van der Waals surface area contributed by atoms with Crippen molar-refractivity contribution in [2.75, 3.05) is 0 Å². The van der Waals surface area contributed by atoms with Crippen LogP contribution in [0, 0.1) is 13.8 Å². The van der Waals surface area contributed by atoms with Crippen LogP contribution in [0.5, 0.6) is 5.75 Å². The van der Waals surface area contributed by atoms with Crippen molar-refractivity contribution in [3.05, 3.63) is 47.5 Å². The molecule has 15 heavy (non-hydrogen) atoms. The van der Waals surface area contributed by atoms with Crippen LogP contribution in [-0.4, -0.2) is 14.7 Å². The van der Waals surface area contributed by atoms with Crippen molar-refractivity contribution >= 4 is 0 Å². The molecule has 0 fully saturated rings. The molecule has 0 saturated heterocycles. The predicted octanol–water partition coefficient (Wildman–Crippen LogP) is 2.25. The summed E-state index contributed by atoms with van der Waals surface area (Å²) in [5, 5.41) is 9.53. The molecular formula is C12H14N2O. The lowest BCUT2D eigenvalue weighted by molar-refractivity contribution is 0.470. The Bertz CT molecular complexity index is 461. The van der Waals surface area contributed by atoms with E-state index in [0.29, 0.717) is 5.75 Å². The second kappa shape index (κ2) is 3.77. The van der Waals surface area contributed by atoms with Gasteiger partial charge in [-0.2, -0.15) is 0 Å². The molecule has 0 aliphatic heterocycles. The summed E-state index contributed by atoms with van der Waals surface area (Å²) in [5.41, 5.74) is 3.23. The fourth-order valence-corrected chi connectivity index (χ4v) is 1.61. The van der Waals surface area contributed by atoms with Crippen LogP contribution >= 0.6 is 0 Å². The first-order chi connectivity index (χ1) is 7.16. The minimum absolute atomic E-state index is 0.363. The molecule has 0 radical (unpaired) electrons. The van der Waals surface area contributed by atoms with Gasteiger partial charge in [-0.15, -0.1) is 0 Å². The molecule has 0 saturated carbocycles. The summed E-state index contributed by atoms with van der Waals surface area (Å²) in [6, 6.07) is 3.83. The normalized spacial score (nSPS) is 10.5. The molecule has 1 aromatic heterocycles. The zero-order valence-corrected chi connectivity index (χ0v) is 8.94. The Hall–Kier alpha value is -1.77. The summed E-state index contributed by atoms with van der Waals surface area (Å²) in [6.07, 6.45) is 5.49. The van der Waals surface area contributed by atoms with E-state index >= 15 is 0 Å². The molecule has 0 unspecified atom stereocenters. The van der Waals surface area contributed by atoms with E-state index in [1.807, 2.05) is 36.7 Å². The lowest BCUT2D eigenvalue weighted by atomic mass is 10.0. The third-order valence-electron chi connectivity index (χ3n) is 2.57. The molecule has 1 heterocycles. The van der Waals surface area contributed by atoms with Gasteiger partial charge < -0.3 is 9.67 Å². The summed E-state index contributed by atoms with van der Waals surface area (Å²) in [6.45, 7) is 4.71. The molecule has 3 nitrogen and oxygen atoms in total. The van der Waals surface area contributed by atoms with Crippen molar-refractivity contribution in [3.63, 3.8) is 0 Å². The van der Waals surface area contributed by atoms with Gasteiger partial charge in [-0.05, 0) is 36.6 Å². The number of benzene rings is 1. The average Bonchev–Trinajstić information content (AvgIpc) is 2.67. The van der Waals surface area contributed by atoms with Gasteiger partial charge in [-0.1, -0.05) is 6.07 Å². The monoisotopic (exact) mass is 202 g/mol. The Morgan fingerprint density at radius 1 is 1.27 bits per heavy atom.